The van der Waals surface area contributed by atoms with E-state index in [9.17, 15) is 14.9 Å². The van der Waals surface area contributed by atoms with Gasteiger partial charge in [0.2, 0.25) is 0 Å². The first-order chi connectivity index (χ1) is 18.5. The molecular weight excluding hydrogens is 482 g/mol. The Hall–Kier alpha value is -4.34. The Bertz CT molecular complexity index is 1450. The van der Waals surface area contributed by atoms with Crippen LogP contribution in [0, 0.1) is 17.0 Å². The number of aromatic nitrogens is 4. The van der Waals surface area contributed by atoms with E-state index in [1.54, 1.807) is 0 Å². The summed E-state index contributed by atoms with van der Waals surface area (Å²) < 4.78 is 1.90. The second-order valence-corrected chi connectivity index (χ2v) is 9.54. The highest BCUT2D eigenvalue weighted by atomic mass is 16.6. The summed E-state index contributed by atoms with van der Waals surface area (Å²) in [4.78, 5) is 37.7. The molecule has 2 aromatic carbocycles. The highest BCUT2D eigenvalue weighted by Gasteiger charge is 2.25. The van der Waals surface area contributed by atoms with Crippen LogP contribution in [-0.4, -0.2) is 61.7 Å². The number of anilines is 1. The van der Waals surface area contributed by atoms with Crippen LogP contribution in [-0.2, 0) is 6.42 Å². The van der Waals surface area contributed by atoms with Crippen molar-refractivity contribution in [1.82, 2.24) is 24.6 Å². The van der Waals surface area contributed by atoms with Gasteiger partial charge in [-0.05, 0) is 44.0 Å². The number of nitrogens with zero attached hydrogens (tertiary/aromatic N) is 7. The number of aryl methyl sites for hydroxylation is 2. The summed E-state index contributed by atoms with van der Waals surface area (Å²) >= 11 is 0. The van der Waals surface area contributed by atoms with Gasteiger partial charge in [-0.2, -0.15) is 5.10 Å². The quantitative estimate of drug-likeness (QED) is 0.260. The lowest BCUT2D eigenvalue weighted by atomic mass is 10.2. The lowest BCUT2D eigenvalue weighted by molar-refractivity contribution is -0.384. The molecule has 4 aromatic rings. The fourth-order valence-electron chi connectivity index (χ4n) is 4.87. The van der Waals surface area contributed by atoms with Crippen molar-refractivity contribution in [3.8, 4) is 5.69 Å². The first kappa shape index (κ1) is 25.3. The smallest absolute Gasteiger partial charge is 0.269 e. The lowest BCUT2D eigenvalue weighted by Gasteiger charge is -2.24. The molecule has 0 bridgehead atoms. The van der Waals surface area contributed by atoms with Crippen molar-refractivity contribution in [2.24, 2.45) is 0 Å². The minimum Gasteiger partial charge on any atom is -0.354 e. The Labute approximate surface area is 221 Å². The Morgan fingerprint density at radius 1 is 1.00 bits per heavy atom. The number of unbranched alkanes of at least 4 members (excludes halogenated alkanes) is 1. The number of hydrogen-bond acceptors (Lipinski definition) is 7. The molecule has 1 saturated heterocycles. The maximum atomic E-state index is 13.2. The number of fused-ring (bicyclic) bond motifs is 1. The molecule has 38 heavy (non-hydrogen) atoms. The van der Waals surface area contributed by atoms with Crippen molar-refractivity contribution in [1.29, 1.82) is 0 Å². The number of amides is 1. The third kappa shape index (κ3) is 5.06. The average molecular weight is 514 g/mol. The van der Waals surface area contributed by atoms with Gasteiger partial charge in [-0.25, -0.2) is 14.6 Å². The van der Waals surface area contributed by atoms with Crippen molar-refractivity contribution in [3.05, 3.63) is 81.8 Å². The van der Waals surface area contributed by atoms with Gasteiger partial charge in [-0.1, -0.05) is 31.5 Å². The summed E-state index contributed by atoms with van der Waals surface area (Å²) in [7, 11) is 0. The first-order valence-electron chi connectivity index (χ1n) is 13.1. The normalized spacial score (nSPS) is 14.1. The van der Waals surface area contributed by atoms with E-state index >= 15 is 0 Å². The SMILES string of the molecule is CCCCc1nc(N2CCCN(C(=O)c3ccc([N+](=O)[O-])cc3)CC2)c2c(C)nn(-c3ccccc3)c2n1. The van der Waals surface area contributed by atoms with E-state index < -0.39 is 4.92 Å². The Morgan fingerprint density at radius 2 is 1.76 bits per heavy atom. The molecule has 0 radical (unpaired) electrons. The molecule has 0 saturated carbocycles. The molecule has 0 aliphatic carbocycles. The van der Waals surface area contributed by atoms with Crippen LogP contribution in [0.2, 0.25) is 0 Å². The lowest BCUT2D eigenvalue weighted by Crippen LogP contribution is -2.35. The van der Waals surface area contributed by atoms with E-state index in [-0.39, 0.29) is 11.6 Å². The van der Waals surface area contributed by atoms with Crippen molar-refractivity contribution in [2.45, 2.75) is 39.5 Å². The predicted octanol–water partition coefficient (Wildman–Crippen LogP) is 4.73. The Morgan fingerprint density at radius 3 is 2.47 bits per heavy atom. The van der Waals surface area contributed by atoms with E-state index in [0.717, 1.165) is 66.3 Å². The number of non-ortho nitro benzene ring substituents is 1. The molecule has 196 valence electrons. The van der Waals surface area contributed by atoms with Crippen LogP contribution in [0.4, 0.5) is 11.5 Å². The van der Waals surface area contributed by atoms with Gasteiger partial charge < -0.3 is 9.80 Å². The minimum absolute atomic E-state index is 0.0262. The zero-order valence-corrected chi connectivity index (χ0v) is 21.7. The highest BCUT2D eigenvalue weighted by Crippen LogP contribution is 2.30. The summed E-state index contributed by atoms with van der Waals surface area (Å²) in [6.07, 6.45) is 3.62. The second kappa shape index (κ2) is 11.0. The fourth-order valence-corrected chi connectivity index (χ4v) is 4.87. The molecule has 1 amide bonds. The van der Waals surface area contributed by atoms with Crippen LogP contribution in [0.5, 0.6) is 0 Å². The molecule has 0 atom stereocenters. The van der Waals surface area contributed by atoms with Crippen molar-refractivity contribution in [3.63, 3.8) is 0 Å². The Kier molecular flexibility index (Phi) is 7.30. The van der Waals surface area contributed by atoms with Crippen LogP contribution in [0.25, 0.3) is 16.7 Å². The van der Waals surface area contributed by atoms with Crippen molar-refractivity contribution < 1.29 is 9.72 Å². The number of rotatable bonds is 7. The van der Waals surface area contributed by atoms with Gasteiger partial charge in [-0.15, -0.1) is 0 Å². The number of nitro benzene ring substituents is 1. The molecule has 0 spiro atoms. The zero-order valence-electron chi connectivity index (χ0n) is 21.7. The molecule has 5 rings (SSSR count). The van der Waals surface area contributed by atoms with Gasteiger partial charge in [-0.3, -0.25) is 14.9 Å². The zero-order chi connectivity index (χ0) is 26.6. The monoisotopic (exact) mass is 513 g/mol. The summed E-state index contributed by atoms with van der Waals surface area (Å²) in [6, 6.07) is 15.8. The van der Waals surface area contributed by atoms with Crippen molar-refractivity contribution in [2.75, 3.05) is 31.1 Å². The summed E-state index contributed by atoms with van der Waals surface area (Å²) in [5, 5.41) is 16.7. The fraction of sp³-hybridized carbons (Fsp3) is 0.357. The summed E-state index contributed by atoms with van der Waals surface area (Å²) in [5.74, 6) is 1.55. The van der Waals surface area contributed by atoms with Crippen LogP contribution in [0.1, 0.15) is 48.1 Å². The molecule has 0 unspecified atom stereocenters. The number of benzene rings is 2. The van der Waals surface area contributed by atoms with Gasteiger partial charge in [0.05, 0.1) is 21.7 Å². The molecule has 3 heterocycles. The first-order valence-corrected chi connectivity index (χ1v) is 13.1. The van der Waals surface area contributed by atoms with Gasteiger partial charge in [0.15, 0.2) is 5.65 Å². The molecule has 0 N–H and O–H groups in total. The molecule has 1 aliphatic rings. The third-order valence-corrected chi connectivity index (χ3v) is 6.89. The summed E-state index contributed by atoms with van der Waals surface area (Å²) in [5.41, 5.74) is 3.04. The van der Waals surface area contributed by atoms with Crippen molar-refractivity contribution >= 4 is 28.4 Å². The number of para-hydroxylation sites is 1. The average Bonchev–Trinajstić information content (AvgIpc) is 3.11. The number of hydrogen-bond donors (Lipinski definition) is 0. The maximum Gasteiger partial charge on any atom is 0.269 e. The molecule has 10 nitrogen and oxygen atoms in total. The second-order valence-electron chi connectivity index (χ2n) is 9.54. The summed E-state index contributed by atoms with van der Waals surface area (Å²) in [6.45, 7) is 6.64. The van der Waals surface area contributed by atoms with E-state index in [2.05, 4.69) is 11.8 Å². The van der Waals surface area contributed by atoms with Crippen LogP contribution >= 0.6 is 0 Å². The van der Waals surface area contributed by atoms with E-state index in [1.165, 1.54) is 24.3 Å². The number of nitro groups is 1. The number of carbonyl (C=O) groups is 1. The molecule has 1 aliphatic heterocycles. The van der Waals surface area contributed by atoms with Gasteiger partial charge in [0, 0.05) is 50.3 Å². The standard InChI is InChI=1S/C28H31N7O3/c1-3-4-11-24-29-26(25-20(2)31-34(27(25)30-24)22-9-6-5-7-10-22)32-16-8-17-33(19-18-32)28(36)21-12-14-23(15-13-21)35(37)38/h5-7,9-10,12-15H,3-4,8,11,16-19H2,1-2H3. The number of carbonyl (C=O) groups excluding carboxylic acids is 1. The van der Waals surface area contributed by atoms with Gasteiger partial charge in [0.1, 0.15) is 11.6 Å². The van der Waals surface area contributed by atoms with E-state index in [1.807, 2.05) is 46.8 Å². The van der Waals surface area contributed by atoms with Crippen LogP contribution < -0.4 is 4.90 Å². The molecular formula is C28H31N7O3. The van der Waals surface area contributed by atoms with Crippen LogP contribution in [0.15, 0.2) is 54.6 Å². The van der Waals surface area contributed by atoms with E-state index in [0.29, 0.717) is 25.2 Å². The minimum atomic E-state index is -0.461. The van der Waals surface area contributed by atoms with Gasteiger partial charge in [0.25, 0.3) is 11.6 Å². The molecule has 2 aromatic heterocycles. The van der Waals surface area contributed by atoms with Gasteiger partial charge >= 0.3 is 0 Å². The predicted molar refractivity (Wildman–Crippen MR) is 146 cm³/mol. The largest absolute Gasteiger partial charge is 0.354 e. The molecule has 10 heteroatoms. The Balaban J connectivity index is 1.45. The topological polar surface area (TPSA) is 110 Å². The van der Waals surface area contributed by atoms with Crippen LogP contribution in [0.3, 0.4) is 0 Å². The van der Waals surface area contributed by atoms with E-state index in [4.69, 9.17) is 15.1 Å². The maximum absolute atomic E-state index is 13.2. The molecule has 1 fully saturated rings. The highest BCUT2D eigenvalue weighted by molar-refractivity contribution is 5.94. The third-order valence-electron chi connectivity index (χ3n) is 6.89.